The second kappa shape index (κ2) is 5.86. The lowest BCUT2D eigenvalue weighted by atomic mass is 10.4. The Bertz CT molecular complexity index is 294. The monoisotopic (exact) mass is 239 g/mol. The SMILES string of the molecule is NNC(=NCCC(=O)N1CCCC1)NC1CC1. The molecule has 0 aromatic carbocycles. The van der Waals surface area contributed by atoms with Crippen molar-refractivity contribution in [1.82, 2.24) is 15.6 Å². The van der Waals surface area contributed by atoms with Crippen LogP contribution in [0.3, 0.4) is 0 Å². The molecule has 4 N–H and O–H groups in total. The first-order chi connectivity index (χ1) is 8.29. The Balaban J connectivity index is 1.68. The predicted octanol–water partition coefficient (Wildman–Crippen LogP) is -0.430. The highest BCUT2D eigenvalue weighted by atomic mass is 16.2. The average molecular weight is 239 g/mol. The van der Waals surface area contributed by atoms with Gasteiger partial charge in [0.25, 0.3) is 0 Å². The molecule has 6 heteroatoms. The van der Waals surface area contributed by atoms with Crippen LogP contribution in [0.1, 0.15) is 32.1 Å². The maximum atomic E-state index is 11.7. The molecule has 1 aliphatic carbocycles. The number of nitrogens with two attached hydrogens (primary N) is 1. The molecule has 1 heterocycles. The minimum atomic E-state index is 0.203. The van der Waals surface area contributed by atoms with E-state index < -0.39 is 0 Å². The van der Waals surface area contributed by atoms with E-state index in [0.717, 1.165) is 25.9 Å². The van der Waals surface area contributed by atoms with E-state index in [2.05, 4.69) is 15.7 Å². The second-order valence-electron chi connectivity index (χ2n) is 4.63. The Labute approximate surface area is 102 Å². The van der Waals surface area contributed by atoms with Crippen molar-refractivity contribution in [3.63, 3.8) is 0 Å². The maximum Gasteiger partial charge on any atom is 0.224 e. The van der Waals surface area contributed by atoms with Gasteiger partial charge in [0.05, 0.1) is 6.54 Å². The molecule has 0 radical (unpaired) electrons. The highest BCUT2D eigenvalue weighted by Crippen LogP contribution is 2.18. The summed E-state index contributed by atoms with van der Waals surface area (Å²) in [7, 11) is 0. The van der Waals surface area contributed by atoms with Gasteiger partial charge in [-0.05, 0) is 25.7 Å². The van der Waals surface area contributed by atoms with Crippen LogP contribution in [0.25, 0.3) is 0 Å². The molecule has 0 unspecified atom stereocenters. The van der Waals surface area contributed by atoms with Crippen LogP contribution in [0.2, 0.25) is 0 Å². The summed E-state index contributed by atoms with van der Waals surface area (Å²) in [5.74, 6) is 6.15. The Morgan fingerprint density at radius 2 is 2.06 bits per heavy atom. The normalized spacial score (nSPS) is 20.5. The number of hydrazine groups is 1. The number of carbonyl (C=O) groups is 1. The van der Waals surface area contributed by atoms with Crippen molar-refractivity contribution in [2.45, 2.75) is 38.1 Å². The van der Waals surface area contributed by atoms with Gasteiger partial charge in [0, 0.05) is 25.6 Å². The zero-order valence-electron chi connectivity index (χ0n) is 10.1. The number of guanidine groups is 1. The van der Waals surface area contributed by atoms with Crippen LogP contribution >= 0.6 is 0 Å². The summed E-state index contributed by atoms with van der Waals surface area (Å²) in [6, 6.07) is 0.513. The molecule has 1 saturated heterocycles. The smallest absolute Gasteiger partial charge is 0.224 e. The Hall–Kier alpha value is -1.30. The fourth-order valence-electron chi connectivity index (χ4n) is 1.94. The van der Waals surface area contributed by atoms with E-state index in [-0.39, 0.29) is 5.91 Å². The fraction of sp³-hybridized carbons (Fsp3) is 0.818. The zero-order valence-corrected chi connectivity index (χ0v) is 10.1. The highest BCUT2D eigenvalue weighted by Gasteiger charge is 2.22. The quantitative estimate of drug-likeness (QED) is 0.269. The van der Waals surface area contributed by atoms with Gasteiger partial charge < -0.3 is 10.2 Å². The molecule has 2 fully saturated rings. The van der Waals surface area contributed by atoms with Crippen LogP contribution in [0.15, 0.2) is 4.99 Å². The molecule has 17 heavy (non-hydrogen) atoms. The molecule has 1 saturated carbocycles. The van der Waals surface area contributed by atoms with Gasteiger partial charge in [0.2, 0.25) is 11.9 Å². The zero-order chi connectivity index (χ0) is 12.1. The van der Waals surface area contributed by atoms with E-state index in [0.29, 0.717) is 25.0 Å². The standard InChI is InChI=1S/C11H21N5O/c12-15-11(14-9-3-4-9)13-6-5-10(17)16-7-1-2-8-16/h9H,1-8,12H2,(H2,13,14,15). The largest absolute Gasteiger partial charge is 0.353 e. The third-order valence-corrected chi connectivity index (χ3v) is 3.11. The van der Waals surface area contributed by atoms with Gasteiger partial charge in [-0.3, -0.25) is 15.2 Å². The topological polar surface area (TPSA) is 82.7 Å². The summed E-state index contributed by atoms with van der Waals surface area (Å²) in [5, 5.41) is 3.17. The van der Waals surface area contributed by atoms with E-state index in [1.54, 1.807) is 0 Å². The lowest BCUT2D eigenvalue weighted by Gasteiger charge is -2.14. The number of hydrogen-bond donors (Lipinski definition) is 3. The van der Waals surface area contributed by atoms with Crippen molar-refractivity contribution < 1.29 is 4.79 Å². The Morgan fingerprint density at radius 1 is 1.35 bits per heavy atom. The summed E-state index contributed by atoms with van der Waals surface area (Å²) in [6.45, 7) is 2.31. The van der Waals surface area contributed by atoms with E-state index in [1.807, 2.05) is 4.90 Å². The highest BCUT2D eigenvalue weighted by molar-refractivity contribution is 5.81. The van der Waals surface area contributed by atoms with Crippen LogP contribution in [0, 0.1) is 0 Å². The lowest BCUT2D eigenvalue weighted by molar-refractivity contribution is -0.129. The summed E-state index contributed by atoms with van der Waals surface area (Å²) >= 11 is 0. The first-order valence-electron chi connectivity index (χ1n) is 6.35. The Morgan fingerprint density at radius 3 is 2.65 bits per heavy atom. The van der Waals surface area contributed by atoms with Gasteiger partial charge in [-0.25, -0.2) is 5.84 Å². The van der Waals surface area contributed by atoms with Crippen molar-refractivity contribution in [3.8, 4) is 0 Å². The summed E-state index contributed by atoms with van der Waals surface area (Å²) in [6.07, 6.45) is 5.08. The van der Waals surface area contributed by atoms with Crippen LogP contribution in [0.5, 0.6) is 0 Å². The number of nitrogens with one attached hydrogen (secondary N) is 2. The number of hydrogen-bond acceptors (Lipinski definition) is 3. The minimum absolute atomic E-state index is 0.203. The molecule has 0 atom stereocenters. The van der Waals surface area contributed by atoms with Crippen LogP contribution < -0.4 is 16.6 Å². The van der Waals surface area contributed by atoms with Gasteiger partial charge in [0.15, 0.2) is 0 Å². The first-order valence-corrected chi connectivity index (χ1v) is 6.35. The van der Waals surface area contributed by atoms with Crippen molar-refractivity contribution in [3.05, 3.63) is 0 Å². The van der Waals surface area contributed by atoms with Crippen LogP contribution in [-0.2, 0) is 4.79 Å². The van der Waals surface area contributed by atoms with E-state index >= 15 is 0 Å². The second-order valence-corrected chi connectivity index (χ2v) is 4.63. The van der Waals surface area contributed by atoms with Crippen LogP contribution in [-0.4, -0.2) is 42.4 Å². The number of rotatable bonds is 4. The molecule has 96 valence electrons. The molecular formula is C11H21N5O. The van der Waals surface area contributed by atoms with Crippen molar-refractivity contribution in [2.24, 2.45) is 10.8 Å². The molecular weight excluding hydrogens is 218 g/mol. The first kappa shape index (κ1) is 12.2. The molecule has 0 bridgehead atoms. The van der Waals surface area contributed by atoms with Gasteiger partial charge in [-0.15, -0.1) is 0 Å². The van der Waals surface area contributed by atoms with E-state index in [9.17, 15) is 4.79 Å². The summed E-state index contributed by atoms with van der Waals surface area (Å²) < 4.78 is 0. The molecule has 1 amide bonds. The lowest BCUT2D eigenvalue weighted by Crippen LogP contribution is -2.42. The molecule has 2 rings (SSSR count). The molecule has 0 spiro atoms. The third kappa shape index (κ3) is 3.89. The van der Waals surface area contributed by atoms with E-state index in [1.165, 1.54) is 12.8 Å². The number of aliphatic imine (C=N–C) groups is 1. The van der Waals surface area contributed by atoms with Gasteiger partial charge in [-0.2, -0.15) is 0 Å². The molecule has 6 nitrogen and oxygen atoms in total. The number of amides is 1. The van der Waals surface area contributed by atoms with Crippen molar-refractivity contribution >= 4 is 11.9 Å². The Kier molecular flexibility index (Phi) is 4.19. The molecule has 2 aliphatic rings. The van der Waals surface area contributed by atoms with Crippen molar-refractivity contribution in [2.75, 3.05) is 19.6 Å². The predicted molar refractivity (Wildman–Crippen MR) is 66.2 cm³/mol. The number of nitrogens with zero attached hydrogens (tertiary/aromatic N) is 2. The summed E-state index contributed by atoms with van der Waals surface area (Å²) in [5.41, 5.74) is 2.53. The molecule has 0 aromatic heterocycles. The van der Waals surface area contributed by atoms with Gasteiger partial charge in [0.1, 0.15) is 0 Å². The molecule has 1 aliphatic heterocycles. The van der Waals surface area contributed by atoms with Gasteiger partial charge >= 0.3 is 0 Å². The average Bonchev–Trinajstić information content (AvgIpc) is 2.97. The van der Waals surface area contributed by atoms with Crippen molar-refractivity contribution in [1.29, 1.82) is 0 Å². The van der Waals surface area contributed by atoms with Gasteiger partial charge in [-0.1, -0.05) is 0 Å². The minimum Gasteiger partial charge on any atom is -0.353 e. The molecule has 0 aromatic rings. The fourth-order valence-corrected chi connectivity index (χ4v) is 1.94. The third-order valence-electron chi connectivity index (χ3n) is 3.11. The van der Waals surface area contributed by atoms with Crippen LogP contribution in [0.4, 0.5) is 0 Å². The van der Waals surface area contributed by atoms with E-state index in [4.69, 9.17) is 5.84 Å². The summed E-state index contributed by atoms with van der Waals surface area (Å²) in [4.78, 5) is 17.9. The number of carbonyl (C=O) groups excluding carboxylic acids is 1. The number of likely N-dealkylation sites (tertiary alicyclic amines) is 1. The maximum absolute atomic E-state index is 11.7.